The number of amides is 2. The lowest BCUT2D eigenvalue weighted by Crippen LogP contribution is -2.53. The molecule has 2 saturated carbocycles. The van der Waals surface area contributed by atoms with Gasteiger partial charge in [-0.1, -0.05) is 73.0 Å². The molecule has 4 atom stereocenters. The fraction of sp³-hybridized carbons (Fsp3) is 0.633. The maximum absolute atomic E-state index is 13.6. The van der Waals surface area contributed by atoms with Crippen LogP contribution in [0.25, 0.3) is 12.2 Å². The van der Waals surface area contributed by atoms with Crippen LogP contribution in [0, 0.1) is 34.5 Å². The highest BCUT2D eigenvalue weighted by Gasteiger charge is 2.69. The number of rotatable bonds is 7. The number of hydrogen-bond acceptors (Lipinski definition) is 5. The molecular formula is C30H43N5O3. The van der Waals surface area contributed by atoms with Crippen LogP contribution in [-0.2, 0) is 16.0 Å². The Hall–Kier alpha value is -3.21. The number of likely N-dealkylation sites (tertiary alicyclic amines) is 1. The van der Waals surface area contributed by atoms with Crippen molar-refractivity contribution >= 4 is 24.0 Å². The largest absolute Gasteiger partial charge is 0.338 e. The van der Waals surface area contributed by atoms with Crippen molar-refractivity contribution in [1.82, 2.24) is 20.2 Å². The van der Waals surface area contributed by atoms with Gasteiger partial charge >= 0.3 is 0 Å². The van der Waals surface area contributed by atoms with Gasteiger partial charge in [-0.15, -0.1) is 0 Å². The number of aromatic nitrogens is 2. The normalized spacial score (nSPS) is 24.8. The van der Waals surface area contributed by atoms with E-state index in [0.717, 1.165) is 38.5 Å². The lowest BCUT2D eigenvalue weighted by atomic mass is 9.89. The highest BCUT2D eigenvalue weighted by molar-refractivity contribution is 5.90. The number of fused-ring (bicyclic) bond motifs is 1. The molecule has 2 aliphatic carbocycles. The zero-order chi connectivity index (χ0) is 28.0. The number of nitrogens with zero attached hydrogens (tertiary/aromatic N) is 3. The number of aromatic amines is 1. The average Bonchev–Trinajstić information content (AvgIpc) is 3.22. The first-order valence-electron chi connectivity index (χ1n) is 14.1. The third-order valence-electron chi connectivity index (χ3n) is 8.52. The Morgan fingerprint density at radius 2 is 1.82 bits per heavy atom. The summed E-state index contributed by atoms with van der Waals surface area (Å²) in [5.74, 6) is 0.105. The maximum atomic E-state index is 13.6. The third kappa shape index (κ3) is 5.92. The minimum absolute atomic E-state index is 0.0139. The van der Waals surface area contributed by atoms with Gasteiger partial charge in [0, 0.05) is 18.9 Å². The molecule has 2 heterocycles. The van der Waals surface area contributed by atoms with E-state index in [9.17, 15) is 19.6 Å². The number of carbonyl (C=O) groups excluding carboxylic acids is 2. The standard InChI is InChI=1S/C28H37N5O3.C2H6/c1-5-20-21(6-2)32-25(34)22(31-20)14-18(15-29)30-26(35)24-23-19(28(23,3)4)16-33(24)27(36)17-12-10-8-7-9-11-13-17;1-2/h5-6,17-19,23-24H,1-2,7-14,16H2,3-4H3,(H,30,35)(H,32,34);1-2H3. The molecule has 8 heteroatoms. The van der Waals surface area contributed by atoms with Crippen LogP contribution in [-0.4, -0.2) is 45.3 Å². The van der Waals surface area contributed by atoms with Gasteiger partial charge in [0.25, 0.3) is 5.56 Å². The van der Waals surface area contributed by atoms with E-state index >= 15 is 0 Å². The van der Waals surface area contributed by atoms with Crippen LogP contribution in [0.15, 0.2) is 18.0 Å². The smallest absolute Gasteiger partial charge is 0.270 e. The Kier molecular flexibility index (Phi) is 9.70. The molecule has 0 radical (unpaired) electrons. The van der Waals surface area contributed by atoms with E-state index in [2.05, 4.69) is 48.4 Å². The molecule has 3 aliphatic rings. The highest BCUT2D eigenvalue weighted by atomic mass is 16.2. The number of H-pyrrole nitrogens is 1. The number of nitriles is 1. The zero-order valence-electron chi connectivity index (χ0n) is 23.4. The molecule has 0 bridgehead atoms. The fourth-order valence-electron chi connectivity index (χ4n) is 6.29. The van der Waals surface area contributed by atoms with Gasteiger partial charge in [0.15, 0.2) is 0 Å². The Morgan fingerprint density at radius 1 is 1.18 bits per heavy atom. The van der Waals surface area contributed by atoms with E-state index in [4.69, 9.17) is 0 Å². The van der Waals surface area contributed by atoms with E-state index in [1.165, 1.54) is 18.6 Å². The van der Waals surface area contributed by atoms with E-state index in [0.29, 0.717) is 17.9 Å². The summed E-state index contributed by atoms with van der Waals surface area (Å²) in [6.07, 6.45) is 10.3. The van der Waals surface area contributed by atoms with Gasteiger partial charge in [-0.2, -0.15) is 5.26 Å². The lowest BCUT2D eigenvalue weighted by Gasteiger charge is -2.33. The summed E-state index contributed by atoms with van der Waals surface area (Å²) < 4.78 is 0. The van der Waals surface area contributed by atoms with E-state index in [1.54, 1.807) is 4.90 Å². The van der Waals surface area contributed by atoms with Crippen molar-refractivity contribution in [3.63, 3.8) is 0 Å². The number of nitrogens with one attached hydrogen (secondary N) is 2. The second kappa shape index (κ2) is 12.6. The molecule has 206 valence electrons. The second-order valence-corrected chi connectivity index (χ2v) is 11.0. The molecular weight excluding hydrogens is 478 g/mol. The minimum Gasteiger partial charge on any atom is -0.338 e. The molecule has 8 nitrogen and oxygen atoms in total. The molecule has 1 aliphatic heterocycles. The first kappa shape index (κ1) is 29.3. The van der Waals surface area contributed by atoms with Crippen molar-refractivity contribution in [2.45, 2.75) is 91.1 Å². The SMILES string of the molecule is C=Cc1nc(CC(C#N)NC(=O)C2C3C(CN2C(=O)C2CCCCCCC2)C3(C)C)c(=O)[nH]c1C=C.CC. The molecule has 4 unspecified atom stereocenters. The quantitative estimate of drug-likeness (QED) is 0.548. The van der Waals surface area contributed by atoms with Crippen LogP contribution in [0.1, 0.15) is 89.7 Å². The predicted molar refractivity (Wildman–Crippen MR) is 150 cm³/mol. The fourth-order valence-corrected chi connectivity index (χ4v) is 6.29. The van der Waals surface area contributed by atoms with Gasteiger partial charge < -0.3 is 15.2 Å². The van der Waals surface area contributed by atoms with Crippen molar-refractivity contribution in [2.75, 3.05) is 6.54 Å². The molecule has 4 rings (SSSR count). The van der Waals surface area contributed by atoms with E-state index < -0.39 is 17.6 Å². The van der Waals surface area contributed by atoms with Crippen LogP contribution in [0.3, 0.4) is 0 Å². The molecule has 3 fully saturated rings. The number of hydrogen-bond donors (Lipinski definition) is 2. The Balaban J connectivity index is 0.00000195. The van der Waals surface area contributed by atoms with Crippen LogP contribution < -0.4 is 10.9 Å². The summed E-state index contributed by atoms with van der Waals surface area (Å²) >= 11 is 0. The second-order valence-electron chi connectivity index (χ2n) is 11.0. The molecule has 1 aromatic rings. The van der Waals surface area contributed by atoms with Crippen LogP contribution in [0.2, 0.25) is 0 Å². The first-order chi connectivity index (χ1) is 18.2. The van der Waals surface area contributed by atoms with Crippen LogP contribution in [0.4, 0.5) is 0 Å². The first-order valence-corrected chi connectivity index (χ1v) is 14.1. The van der Waals surface area contributed by atoms with Crippen LogP contribution in [0.5, 0.6) is 0 Å². The van der Waals surface area contributed by atoms with Gasteiger partial charge in [-0.25, -0.2) is 4.98 Å². The summed E-state index contributed by atoms with van der Waals surface area (Å²) in [5, 5.41) is 12.6. The lowest BCUT2D eigenvalue weighted by molar-refractivity contribution is -0.144. The predicted octanol–water partition coefficient (Wildman–Crippen LogP) is 4.48. The summed E-state index contributed by atoms with van der Waals surface area (Å²) in [6, 6.07) is 0.563. The molecule has 1 aromatic heterocycles. The molecule has 0 spiro atoms. The van der Waals surface area contributed by atoms with Crippen molar-refractivity contribution in [3.8, 4) is 6.07 Å². The van der Waals surface area contributed by atoms with Gasteiger partial charge in [-0.05, 0) is 42.2 Å². The highest BCUT2D eigenvalue weighted by Crippen LogP contribution is 2.65. The Morgan fingerprint density at radius 3 is 2.39 bits per heavy atom. The van der Waals surface area contributed by atoms with Gasteiger partial charge in [0.1, 0.15) is 17.8 Å². The van der Waals surface area contributed by atoms with Crippen molar-refractivity contribution < 1.29 is 9.59 Å². The van der Waals surface area contributed by atoms with Gasteiger partial charge in [0.2, 0.25) is 11.8 Å². The van der Waals surface area contributed by atoms with E-state index in [1.807, 2.05) is 13.8 Å². The average molecular weight is 522 g/mol. The van der Waals surface area contributed by atoms with Crippen LogP contribution >= 0.6 is 0 Å². The number of carbonyl (C=O) groups is 2. The summed E-state index contributed by atoms with van der Waals surface area (Å²) in [4.78, 5) is 48.5. The molecule has 2 N–H and O–H groups in total. The molecule has 2 amide bonds. The topological polar surface area (TPSA) is 119 Å². The molecule has 0 aromatic carbocycles. The van der Waals surface area contributed by atoms with Gasteiger partial charge in [0.05, 0.1) is 17.5 Å². The molecule has 1 saturated heterocycles. The summed E-state index contributed by atoms with van der Waals surface area (Å²) in [6.45, 7) is 16.2. The van der Waals surface area contributed by atoms with Gasteiger partial charge in [-0.3, -0.25) is 14.4 Å². The maximum Gasteiger partial charge on any atom is 0.270 e. The zero-order valence-corrected chi connectivity index (χ0v) is 23.4. The van der Waals surface area contributed by atoms with Crippen molar-refractivity contribution in [2.24, 2.45) is 23.2 Å². The van der Waals surface area contributed by atoms with Crippen molar-refractivity contribution in [1.29, 1.82) is 5.26 Å². The Bertz CT molecular complexity index is 1140. The van der Waals surface area contributed by atoms with E-state index in [-0.39, 0.29) is 47.1 Å². The molecule has 38 heavy (non-hydrogen) atoms. The summed E-state index contributed by atoms with van der Waals surface area (Å²) in [7, 11) is 0. The summed E-state index contributed by atoms with van der Waals surface area (Å²) in [5.41, 5.74) is 0.598. The third-order valence-corrected chi connectivity index (χ3v) is 8.52. The minimum atomic E-state index is -0.947. The van der Waals surface area contributed by atoms with Crippen molar-refractivity contribution in [3.05, 3.63) is 40.6 Å². The number of piperidine rings is 1. The monoisotopic (exact) mass is 521 g/mol. The Labute approximate surface area is 226 Å².